The first kappa shape index (κ1) is 45.2. The monoisotopic (exact) mass is 965 g/mol. The van der Waals surface area contributed by atoms with Crippen LogP contribution in [0.3, 0.4) is 0 Å². The molecule has 9 rings (SSSR count). The van der Waals surface area contributed by atoms with Crippen LogP contribution < -0.4 is 10.4 Å². The van der Waals surface area contributed by atoms with Gasteiger partial charge in [0.1, 0.15) is 0 Å². The van der Waals surface area contributed by atoms with Crippen LogP contribution in [0.1, 0.15) is 89.5 Å². The number of unbranched alkanes of at least 4 members (excludes halogenated alkanes) is 2. The van der Waals surface area contributed by atoms with Gasteiger partial charge in [0.15, 0.2) is 0 Å². The second-order valence-corrected chi connectivity index (χ2v) is 18.5. The van der Waals surface area contributed by atoms with Crippen molar-refractivity contribution in [1.29, 1.82) is 0 Å². The van der Waals surface area contributed by atoms with E-state index in [0.29, 0.717) is 11.8 Å². The van der Waals surface area contributed by atoms with E-state index in [2.05, 4.69) is 193 Å². The van der Waals surface area contributed by atoms with Crippen molar-refractivity contribution in [2.45, 2.75) is 92.9 Å². The van der Waals surface area contributed by atoms with E-state index in [1.807, 2.05) is 6.07 Å². The van der Waals surface area contributed by atoms with Crippen molar-refractivity contribution >= 4 is 41.4 Å². The summed E-state index contributed by atoms with van der Waals surface area (Å²) in [5.74, 6) is 1.35. The van der Waals surface area contributed by atoms with Crippen LogP contribution in [-0.2, 0) is 51.5 Å². The molecule has 1 aliphatic heterocycles. The largest absolute Gasteiger partial charge is 0.184 e. The van der Waals surface area contributed by atoms with Gasteiger partial charge in [0.05, 0.1) is 9.52 Å². The molecule has 0 aliphatic carbocycles. The summed E-state index contributed by atoms with van der Waals surface area (Å²) in [6.07, 6.45) is 9.71. The summed E-state index contributed by atoms with van der Waals surface area (Å²) in [5.41, 5.74) is 14.2. The first-order chi connectivity index (χ1) is 28.8. The van der Waals surface area contributed by atoms with Crippen molar-refractivity contribution in [3.63, 3.8) is 0 Å². The van der Waals surface area contributed by atoms with Crippen LogP contribution in [0, 0.1) is 17.9 Å². The first-order valence-corrected chi connectivity index (χ1v) is 23.2. The van der Waals surface area contributed by atoms with Crippen LogP contribution in [0.4, 0.5) is 0 Å². The number of hydrogen-bond acceptors (Lipinski definition) is 0. The van der Waals surface area contributed by atoms with Crippen LogP contribution in [0.2, 0.25) is 0 Å². The Labute approximate surface area is 382 Å². The molecule has 8 aromatic carbocycles. The average molecular weight is 965 g/mol. The molecule has 2 radical (unpaired) electrons. The Balaban J connectivity index is 0.000000155. The van der Waals surface area contributed by atoms with Crippen molar-refractivity contribution < 1.29 is 25.8 Å². The third-order valence-electron chi connectivity index (χ3n) is 11.5. The van der Waals surface area contributed by atoms with E-state index in [-0.39, 0.29) is 25.8 Å². The van der Waals surface area contributed by atoms with Crippen LogP contribution in [-0.4, -0.2) is 9.52 Å². The Bertz CT molecular complexity index is 2400. The van der Waals surface area contributed by atoms with Gasteiger partial charge in [0, 0.05) is 25.8 Å². The van der Waals surface area contributed by atoms with E-state index >= 15 is 0 Å². The van der Waals surface area contributed by atoms with Crippen LogP contribution in [0.25, 0.3) is 54.9 Å². The molecular formula is C58H61HfSi-3. The van der Waals surface area contributed by atoms with Crippen molar-refractivity contribution in [3.05, 3.63) is 180 Å². The van der Waals surface area contributed by atoms with Crippen LogP contribution >= 0.6 is 0 Å². The molecule has 0 nitrogen and oxygen atoms in total. The van der Waals surface area contributed by atoms with E-state index < -0.39 is 0 Å². The molecule has 0 atom stereocenters. The SMILES string of the molecule is CCCCc1cc2c(-c3ccccc3CC(C)C)cccc2[cH-]1.CCCCc1cc2c(-c3ccccc3CC(C)C)cccc2[cH-]1.[Hf].[c-]1cccc2c1[Si]c1ccccc1-2. The molecule has 0 unspecified atom stereocenters. The fourth-order valence-electron chi connectivity index (χ4n) is 8.64. The third kappa shape index (κ3) is 11.1. The molecule has 0 N–H and O–H groups in total. The second-order valence-electron chi connectivity index (χ2n) is 17.2. The number of hydrogen-bond donors (Lipinski definition) is 0. The third-order valence-corrected chi connectivity index (χ3v) is 12.8. The summed E-state index contributed by atoms with van der Waals surface area (Å²) < 4.78 is 0. The Hall–Kier alpha value is -4.37. The van der Waals surface area contributed by atoms with Gasteiger partial charge < -0.3 is 0 Å². The summed E-state index contributed by atoms with van der Waals surface area (Å²) in [5, 5.41) is 8.41. The van der Waals surface area contributed by atoms with Gasteiger partial charge in [0.25, 0.3) is 0 Å². The number of benzene rings is 6. The molecule has 1 heterocycles. The topological polar surface area (TPSA) is 0 Å². The smallest absolute Gasteiger partial charge is 0.0920 e. The predicted octanol–water partition coefficient (Wildman–Crippen LogP) is 14.7. The van der Waals surface area contributed by atoms with Gasteiger partial charge >= 0.3 is 0 Å². The molecule has 0 spiro atoms. The molecule has 8 aromatic rings. The average Bonchev–Trinajstić information content (AvgIpc) is 3.98. The zero-order valence-corrected chi connectivity index (χ0v) is 41.3. The Morgan fingerprint density at radius 1 is 0.500 bits per heavy atom. The van der Waals surface area contributed by atoms with E-state index in [9.17, 15) is 0 Å². The molecule has 0 saturated carbocycles. The van der Waals surface area contributed by atoms with E-state index in [0.717, 1.165) is 22.4 Å². The fraction of sp³-hybridized carbons (Fsp3) is 0.276. The van der Waals surface area contributed by atoms with Gasteiger partial charge in [-0.25, -0.2) is 0 Å². The molecule has 1 aliphatic rings. The normalized spacial score (nSPS) is 11.5. The molecule has 0 saturated heterocycles. The van der Waals surface area contributed by atoms with Gasteiger partial charge in [-0.05, 0) is 59.8 Å². The second kappa shape index (κ2) is 21.9. The summed E-state index contributed by atoms with van der Waals surface area (Å²) in [6, 6.07) is 59.0. The maximum atomic E-state index is 3.31. The molecule has 0 bridgehead atoms. The van der Waals surface area contributed by atoms with Crippen molar-refractivity contribution in [1.82, 2.24) is 0 Å². The van der Waals surface area contributed by atoms with E-state index in [1.165, 1.54) is 126 Å². The van der Waals surface area contributed by atoms with E-state index in [4.69, 9.17) is 0 Å². The Kier molecular flexibility index (Phi) is 16.5. The standard InChI is InChI=1S/2C23H27.C12H7Si.Hf/c2*1-4-5-9-18-15-20-11-8-13-22(23(20)16-18)21-12-7-6-10-19(21)14-17(2)3;1-3-7-11-9(5-1)10-6-2-4-8-12(10)13-11;/h2*6-8,10-13,15-17H,4-5,9,14H2,1-3H3;1-7H;/q3*-1;. The molecule has 0 aromatic heterocycles. The first-order valence-electron chi connectivity index (χ1n) is 22.2. The fourth-order valence-corrected chi connectivity index (χ4v) is 9.95. The summed E-state index contributed by atoms with van der Waals surface area (Å²) in [4.78, 5) is 0. The molecule has 0 fully saturated rings. The van der Waals surface area contributed by atoms with Crippen LogP contribution in [0.15, 0.2) is 152 Å². The minimum Gasteiger partial charge on any atom is -0.184 e. The maximum absolute atomic E-state index is 3.31. The number of aryl methyl sites for hydroxylation is 2. The van der Waals surface area contributed by atoms with Gasteiger partial charge in [-0.3, -0.25) is 0 Å². The minimum absolute atomic E-state index is 0. The van der Waals surface area contributed by atoms with Crippen molar-refractivity contribution in [3.8, 4) is 33.4 Å². The van der Waals surface area contributed by atoms with E-state index in [1.54, 1.807) is 0 Å². The van der Waals surface area contributed by atoms with Gasteiger partial charge in [-0.15, -0.1) is 74.6 Å². The quantitative estimate of drug-likeness (QED) is 0.0845. The van der Waals surface area contributed by atoms with Gasteiger partial charge in [-0.1, -0.05) is 174 Å². The molecule has 304 valence electrons. The molecular weight excluding hydrogens is 903 g/mol. The van der Waals surface area contributed by atoms with Gasteiger partial charge in [0.2, 0.25) is 0 Å². The molecule has 0 amide bonds. The minimum atomic E-state index is 0. The Morgan fingerprint density at radius 3 is 1.45 bits per heavy atom. The summed E-state index contributed by atoms with van der Waals surface area (Å²) in [6.45, 7) is 13.7. The summed E-state index contributed by atoms with van der Waals surface area (Å²) >= 11 is 0. The molecule has 2 heteroatoms. The Morgan fingerprint density at radius 2 is 0.950 bits per heavy atom. The van der Waals surface area contributed by atoms with Crippen LogP contribution in [0.5, 0.6) is 0 Å². The number of rotatable bonds is 12. The van der Waals surface area contributed by atoms with Gasteiger partial charge in [-0.2, -0.15) is 41.6 Å². The molecule has 60 heavy (non-hydrogen) atoms. The zero-order chi connectivity index (χ0) is 41.1. The maximum Gasteiger partial charge on any atom is 0.0920 e. The summed E-state index contributed by atoms with van der Waals surface area (Å²) in [7, 11) is 0.795. The van der Waals surface area contributed by atoms with Crippen molar-refractivity contribution in [2.75, 3.05) is 0 Å². The number of fused-ring (bicyclic) bond motifs is 5. The zero-order valence-electron chi connectivity index (χ0n) is 36.7. The van der Waals surface area contributed by atoms with Crippen molar-refractivity contribution in [2.24, 2.45) is 11.8 Å². The predicted molar refractivity (Wildman–Crippen MR) is 260 cm³/mol.